The van der Waals surface area contributed by atoms with Crippen LogP contribution in [0, 0.1) is 5.92 Å². The molecule has 1 saturated carbocycles. The summed E-state index contributed by atoms with van der Waals surface area (Å²) in [6, 6.07) is 0. The van der Waals surface area contributed by atoms with Crippen molar-refractivity contribution in [1.82, 2.24) is 0 Å². The van der Waals surface area contributed by atoms with E-state index in [1.54, 1.807) is 11.3 Å². The maximum atomic E-state index is 3.76. The van der Waals surface area contributed by atoms with Gasteiger partial charge in [-0.1, -0.05) is 15.9 Å². The van der Waals surface area contributed by atoms with E-state index in [1.807, 2.05) is 0 Å². The third-order valence-corrected chi connectivity index (χ3v) is 5.55. The second-order valence-corrected chi connectivity index (χ2v) is 6.41. The molecule has 1 aromatic rings. The minimum atomic E-state index is 0.749. The summed E-state index contributed by atoms with van der Waals surface area (Å²) in [6.45, 7) is 0. The van der Waals surface area contributed by atoms with Gasteiger partial charge < -0.3 is 0 Å². The molecule has 0 spiro atoms. The van der Waals surface area contributed by atoms with Gasteiger partial charge in [0.15, 0.2) is 0 Å². The Bertz CT molecular complexity index is 278. The van der Waals surface area contributed by atoms with Gasteiger partial charge in [-0.15, -0.1) is 0 Å². The molecule has 0 N–H and O–H groups in total. The molecule has 2 rings (SSSR count). The van der Waals surface area contributed by atoms with Crippen molar-refractivity contribution in [3.05, 3.63) is 20.8 Å². The van der Waals surface area contributed by atoms with Crippen molar-refractivity contribution in [3.63, 3.8) is 0 Å². The van der Waals surface area contributed by atoms with E-state index in [9.17, 15) is 0 Å². The van der Waals surface area contributed by atoms with Crippen molar-refractivity contribution >= 4 is 43.2 Å². The standard InChI is InChI=1S/C10H12Br2S/c11-9(7-1-2-7)4-3-8-5-13-6-10(8)12/h5-7,9H,1-4H2. The molecule has 0 nitrogen and oxygen atoms in total. The molecular weight excluding hydrogens is 312 g/mol. The fourth-order valence-corrected chi connectivity index (χ4v) is 3.77. The van der Waals surface area contributed by atoms with Crippen molar-refractivity contribution in [2.45, 2.75) is 30.5 Å². The molecule has 13 heavy (non-hydrogen) atoms. The molecule has 0 saturated heterocycles. The van der Waals surface area contributed by atoms with Crippen molar-refractivity contribution in [2.24, 2.45) is 5.92 Å². The van der Waals surface area contributed by atoms with Crippen LogP contribution in [0.25, 0.3) is 0 Å². The summed E-state index contributed by atoms with van der Waals surface area (Å²) in [5.74, 6) is 0.970. The second kappa shape index (κ2) is 4.45. The summed E-state index contributed by atoms with van der Waals surface area (Å²) in [4.78, 5) is 0.749. The van der Waals surface area contributed by atoms with Gasteiger partial charge >= 0.3 is 0 Å². The molecule has 1 fully saturated rings. The molecule has 1 atom stereocenters. The first-order valence-electron chi connectivity index (χ1n) is 4.62. The summed E-state index contributed by atoms with van der Waals surface area (Å²) in [5.41, 5.74) is 1.47. The molecule has 3 heteroatoms. The Labute approximate surface area is 100.0 Å². The third kappa shape index (κ3) is 2.80. The molecule has 1 heterocycles. The molecule has 0 amide bonds. The molecule has 0 radical (unpaired) electrons. The van der Waals surface area contributed by atoms with Crippen LogP contribution in [0.4, 0.5) is 0 Å². The largest absolute Gasteiger partial charge is 0.151 e. The molecule has 0 aliphatic heterocycles. The molecule has 1 aromatic heterocycles. The van der Waals surface area contributed by atoms with Crippen LogP contribution in [0.5, 0.6) is 0 Å². The zero-order valence-electron chi connectivity index (χ0n) is 7.30. The topological polar surface area (TPSA) is 0 Å². The first kappa shape index (κ1) is 10.2. The van der Waals surface area contributed by atoms with Gasteiger partial charge in [-0.3, -0.25) is 0 Å². The third-order valence-electron chi connectivity index (χ3n) is 2.51. The summed E-state index contributed by atoms with van der Waals surface area (Å²) in [6.07, 6.45) is 5.35. The van der Waals surface area contributed by atoms with E-state index in [4.69, 9.17) is 0 Å². The highest BCUT2D eigenvalue weighted by Gasteiger charge is 2.28. The first-order valence-corrected chi connectivity index (χ1v) is 7.27. The Balaban J connectivity index is 1.81. The van der Waals surface area contributed by atoms with Gasteiger partial charge in [0.2, 0.25) is 0 Å². The van der Waals surface area contributed by atoms with Gasteiger partial charge in [0, 0.05) is 14.7 Å². The predicted molar refractivity (Wildman–Crippen MR) is 65.8 cm³/mol. The quantitative estimate of drug-likeness (QED) is 0.709. The molecule has 0 aromatic carbocycles. The smallest absolute Gasteiger partial charge is 0.0314 e. The molecule has 1 aliphatic rings. The zero-order chi connectivity index (χ0) is 9.26. The number of thiophene rings is 1. The van der Waals surface area contributed by atoms with Crippen molar-refractivity contribution in [1.29, 1.82) is 0 Å². The number of rotatable bonds is 4. The molecule has 1 unspecified atom stereocenters. The highest BCUT2D eigenvalue weighted by molar-refractivity contribution is 9.10. The number of halogens is 2. The Hall–Kier alpha value is 0.660. The summed E-state index contributed by atoms with van der Waals surface area (Å²) in [5, 5.41) is 4.41. The number of aryl methyl sites for hydroxylation is 1. The van der Waals surface area contributed by atoms with Crippen LogP contribution in [0.3, 0.4) is 0 Å². The van der Waals surface area contributed by atoms with E-state index in [0.29, 0.717) is 0 Å². The van der Waals surface area contributed by atoms with Gasteiger partial charge in [-0.25, -0.2) is 0 Å². The normalized spacial score (nSPS) is 18.9. The second-order valence-electron chi connectivity index (χ2n) is 3.64. The highest BCUT2D eigenvalue weighted by Crippen LogP contribution is 2.39. The van der Waals surface area contributed by atoms with E-state index < -0.39 is 0 Å². The van der Waals surface area contributed by atoms with Gasteiger partial charge in [-0.2, -0.15) is 11.3 Å². The fourth-order valence-electron chi connectivity index (χ4n) is 1.47. The van der Waals surface area contributed by atoms with Crippen LogP contribution in [0.1, 0.15) is 24.8 Å². The first-order chi connectivity index (χ1) is 6.27. The predicted octanol–water partition coefficient (Wildman–Crippen LogP) is 4.62. The van der Waals surface area contributed by atoms with E-state index in [2.05, 4.69) is 42.6 Å². The monoisotopic (exact) mass is 322 g/mol. The minimum Gasteiger partial charge on any atom is -0.151 e. The van der Waals surface area contributed by atoms with Gasteiger partial charge in [0.05, 0.1) is 0 Å². The number of alkyl halides is 1. The minimum absolute atomic E-state index is 0.749. The number of hydrogen-bond acceptors (Lipinski definition) is 1. The maximum absolute atomic E-state index is 3.76. The van der Waals surface area contributed by atoms with Crippen molar-refractivity contribution in [3.8, 4) is 0 Å². The molecule has 72 valence electrons. The molecule has 0 bridgehead atoms. The van der Waals surface area contributed by atoms with Crippen LogP contribution in [0.15, 0.2) is 15.2 Å². The van der Waals surface area contributed by atoms with Gasteiger partial charge in [-0.05, 0) is 58.5 Å². The van der Waals surface area contributed by atoms with Crippen LogP contribution >= 0.6 is 43.2 Å². The Morgan fingerprint density at radius 1 is 1.46 bits per heavy atom. The van der Waals surface area contributed by atoms with Gasteiger partial charge in [0.1, 0.15) is 0 Å². The lowest BCUT2D eigenvalue weighted by atomic mass is 10.1. The lowest BCUT2D eigenvalue weighted by Gasteiger charge is -2.06. The van der Waals surface area contributed by atoms with E-state index in [1.165, 1.54) is 35.7 Å². The van der Waals surface area contributed by atoms with Crippen LogP contribution in [0.2, 0.25) is 0 Å². The van der Waals surface area contributed by atoms with E-state index >= 15 is 0 Å². The van der Waals surface area contributed by atoms with Crippen LogP contribution < -0.4 is 0 Å². The van der Waals surface area contributed by atoms with Crippen LogP contribution in [-0.2, 0) is 6.42 Å². The average Bonchev–Trinajstić information content (AvgIpc) is 2.88. The summed E-state index contributed by atoms with van der Waals surface area (Å²) >= 11 is 9.11. The van der Waals surface area contributed by atoms with Crippen molar-refractivity contribution < 1.29 is 0 Å². The lowest BCUT2D eigenvalue weighted by Crippen LogP contribution is -2.01. The Morgan fingerprint density at radius 2 is 2.23 bits per heavy atom. The summed E-state index contributed by atoms with van der Waals surface area (Å²) < 4.78 is 1.29. The highest BCUT2D eigenvalue weighted by atomic mass is 79.9. The van der Waals surface area contributed by atoms with E-state index in [0.717, 1.165) is 10.7 Å². The van der Waals surface area contributed by atoms with E-state index in [-0.39, 0.29) is 0 Å². The Kier molecular flexibility index (Phi) is 3.49. The maximum Gasteiger partial charge on any atom is 0.0314 e. The Morgan fingerprint density at radius 3 is 2.77 bits per heavy atom. The average molecular weight is 324 g/mol. The van der Waals surface area contributed by atoms with Crippen molar-refractivity contribution in [2.75, 3.05) is 0 Å². The molecule has 1 aliphatic carbocycles. The SMILES string of the molecule is Brc1cscc1CCC(Br)C1CC1. The summed E-state index contributed by atoms with van der Waals surface area (Å²) in [7, 11) is 0. The number of hydrogen-bond donors (Lipinski definition) is 0. The van der Waals surface area contributed by atoms with Crippen LogP contribution in [-0.4, -0.2) is 4.83 Å². The lowest BCUT2D eigenvalue weighted by molar-refractivity contribution is 0.696. The van der Waals surface area contributed by atoms with Gasteiger partial charge in [0.25, 0.3) is 0 Å². The zero-order valence-corrected chi connectivity index (χ0v) is 11.3. The molecular formula is C10H12Br2S. The fraction of sp³-hybridized carbons (Fsp3) is 0.600.